The molecule has 5 aliphatic rings. The monoisotopic (exact) mass is 366 g/mol. The minimum Gasteiger partial charge on any atom is -0.337 e. The zero-order valence-electron chi connectivity index (χ0n) is 15.6. The highest BCUT2D eigenvalue weighted by Gasteiger charge is 2.53. The lowest BCUT2D eigenvalue weighted by molar-refractivity contribution is -0.00955. The van der Waals surface area contributed by atoms with E-state index in [0.29, 0.717) is 13.1 Å². The third-order valence-corrected chi connectivity index (χ3v) is 7.46. The molecule has 1 aliphatic heterocycles. The molecule has 4 saturated carbocycles. The summed E-state index contributed by atoms with van der Waals surface area (Å²) in [6.45, 7) is 1.01. The van der Waals surface area contributed by atoms with Crippen LogP contribution in [0.4, 0.5) is 0 Å². The zero-order chi connectivity index (χ0) is 18.6. The van der Waals surface area contributed by atoms with Crippen molar-refractivity contribution in [2.45, 2.75) is 56.8 Å². The van der Waals surface area contributed by atoms with Gasteiger partial charge in [0.25, 0.3) is 11.5 Å². The molecular weight excluding hydrogens is 340 g/mol. The number of aromatic nitrogens is 2. The predicted octanol–water partition coefficient (Wildman–Crippen LogP) is 2.61. The smallest absolute Gasteiger partial charge is 0.263 e. The summed E-state index contributed by atoms with van der Waals surface area (Å²) in [7, 11) is 0. The number of nitriles is 1. The Morgan fingerprint density at radius 3 is 2.48 bits per heavy atom. The number of carbonyl (C=O) groups is 1. The molecule has 1 aromatic rings. The Bertz CT molecular complexity index is 832. The SMILES string of the molecule is N#C[C@@H]1CCCN(C(=O)c2cnc(C34CC5CC(CC(C5)C3)C4)[nH]c2=O)C1. The Hall–Kier alpha value is -2.16. The maximum atomic E-state index is 12.8. The van der Waals surface area contributed by atoms with Crippen molar-refractivity contribution in [3.63, 3.8) is 0 Å². The van der Waals surface area contributed by atoms with Crippen LogP contribution >= 0.6 is 0 Å². The van der Waals surface area contributed by atoms with Crippen molar-refractivity contribution in [3.8, 4) is 6.07 Å². The molecule has 0 unspecified atom stereocenters. The van der Waals surface area contributed by atoms with Gasteiger partial charge in [0.05, 0.1) is 12.0 Å². The zero-order valence-corrected chi connectivity index (χ0v) is 15.6. The van der Waals surface area contributed by atoms with Crippen LogP contribution in [-0.2, 0) is 5.41 Å². The van der Waals surface area contributed by atoms with Crippen LogP contribution in [0.25, 0.3) is 0 Å². The van der Waals surface area contributed by atoms with Crippen molar-refractivity contribution in [1.29, 1.82) is 5.26 Å². The van der Waals surface area contributed by atoms with Crippen molar-refractivity contribution in [3.05, 3.63) is 27.9 Å². The maximum Gasteiger partial charge on any atom is 0.263 e. The van der Waals surface area contributed by atoms with Crippen LogP contribution in [0.15, 0.2) is 11.0 Å². The van der Waals surface area contributed by atoms with E-state index in [2.05, 4.69) is 16.0 Å². The fraction of sp³-hybridized carbons (Fsp3) is 0.714. The molecule has 1 atom stereocenters. The van der Waals surface area contributed by atoms with Crippen molar-refractivity contribution in [2.24, 2.45) is 23.7 Å². The summed E-state index contributed by atoms with van der Waals surface area (Å²) in [6, 6.07) is 2.24. The fourth-order valence-electron chi connectivity index (χ4n) is 6.65. The number of likely N-dealkylation sites (tertiary alicyclic amines) is 1. The summed E-state index contributed by atoms with van der Waals surface area (Å²) in [5.41, 5.74) is -0.186. The van der Waals surface area contributed by atoms with Gasteiger partial charge in [-0.05, 0) is 69.1 Å². The molecule has 0 radical (unpaired) electrons. The standard InChI is InChI=1S/C21H26N4O2/c22-10-13-2-1-3-25(12-13)19(27)17-11-23-20(24-18(17)26)21-7-14-4-15(8-21)6-16(5-14)9-21/h11,13-16H,1-9,12H2,(H,23,24,26)/t13-,14?,15?,16?,21?/m0/s1. The second-order valence-electron chi connectivity index (χ2n) is 9.39. The highest BCUT2D eigenvalue weighted by atomic mass is 16.2. The molecule has 2 heterocycles. The molecule has 0 spiro atoms. The van der Waals surface area contributed by atoms with Gasteiger partial charge in [-0.15, -0.1) is 0 Å². The Morgan fingerprint density at radius 2 is 1.89 bits per heavy atom. The molecular formula is C21H26N4O2. The van der Waals surface area contributed by atoms with Crippen LogP contribution in [0, 0.1) is 35.0 Å². The lowest BCUT2D eigenvalue weighted by Crippen LogP contribution is -2.50. The second-order valence-corrected chi connectivity index (χ2v) is 9.39. The van der Waals surface area contributed by atoms with Crippen molar-refractivity contribution in [1.82, 2.24) is 14.9 Å². The molecule has 0 aromatic carbocycles. The molecule has 1 aromatic heterocycles. The Kier molecular flexibility index (Phi) is 3.89. The van der Waals surface area contributed by atoms with Gasteiger partial charge < -0.3 is 9.88 Å². The van der Waals surface area contributed by atoms with Gasteiger partial charge >= 0.3 is 0 Å². The summed E-state index contributed by atoms with van der Waals surface area (Å²) < 4.78 is 0. The second kappa shape index (κ2) is 6.19. The third kappa shape index (κ3) is 2.79. The number of nitrogens with one attached hydrogen (secondary N) is 1. The van der Waals surface area contributed by atoms with E-state index in [4.69, 9.17) is 5.26 Å². The summed E-state index contributed by atoms with van der Waals surface area (Å²) in [5, 5.41) is 9.14. The molecule has 4 bridgehead atoms. The molecule has 1 N–H and O–H groups in total. The Balaban J connectivity index is 1.41. The highest BCUT2D eigenvalue weighted by Crippen LogP contribution is 2.59. The number of rotatable bonds is 2. The van der Waals surface area contributed by atoms with Gasteiger partial charge in [-0.1, -0.05) is 0 Å². The van der Waals surface area contributed by atoms with Crippen LogP contribution < -0.4 is 5.56 Å². The summed E-state index contributed by atoms with van der Waals surface area (Å²) in [6.07, 6.45) is 10.5. The summed E-state index contributed by atoms with van der Waals surface area (Å²) in [4.78, 5) is 34.8. The minimum absolute atomic E-state index is 0.0204. The quantitative estimate of drug-likeness (QED) is 0.871. The van der Waals surface area contributed by atoms with E-state index in [0.717, 1.165) is 55.7 Å². The minimum atomic E-state index is -0.320. The average Bonchev–Trinajstić information content (AvgIpc) is 2.66. The first kappa shape index (κ1) is 17.0. The van der Waals surface area contributed by atoms with Crippen molar-refractivity contribution < 1.29 is 4.79 Å². The Morgan fingerprint density at radius 1 is 1.22 bits per heavy atom. The third-order valence-electron chi connectivity index (χ3n) is 7.46. The highest BCUT2D eigenvalue weighted by molar-refractivity contribution is 5.93. The van der Waals surface area contributed by atoms with Crippen LogP contribution in [0.5, 0.6) is 0 Å². The van der Waals surface area contributed by atoms with Gasteiger partial charge in [0.15, 0.2) is 0 Å². The van der Waals surface area contributed by atoms with Crippen LogP contribution in [0.1, 0.15) is 67.5 Å². The largest absolute Gasteiger partial charge is 0.337 e. The number of carbonyl (C=O) groups excluding carboxylic acids is 1. The van der Waals surface area contributed by atoms with Gasteiger partial charge in [-0.25, -0.2) is 4.98 Å². The predicted molar refractivity (Wildman–Crippen MR) is 98.9 cm³/mol. The van der Waals surface area contributed by atoms with Crippen molar-refractivity contribution in [2.75, 3.05) is 13.1 Å². The number of piperidine rings is 1. The molecule has 4 aliphatic carbocycles. The topological polar surface area (TPSA) is 89.8 Å². The molecule has 5 fully saturated rings. The molecule has 1 amide bonds. The first-order valence-corrected chi connectivity index (χ1v) is 10.3. The van der Waals surface area contributed by atoms with Gasteiger partial charge in [0, 0.05) is 24.7 Å². The van der Waals surface area contributed by atoms with E-state index in [-0.39, 0.29) is 28.4 Å². The average molecular weight is 366 g/mol. The molecule has 6 heteroatoms. The van der Waals surface area contributed by atoms with Gasteiger partial charge in [-0.2, -0.15) is 5.26 Å². The number of aromatic amines is 1. The van der Waals surface area contributed by atoms with E-state index in [1.54, 1.807) is 4.90 Å². The first-order chi connectivity index (χ1) is 13.1. The lowest BCUT2D eigenvalue weighted by Gasteiger charge is -2.56. The van der Waals surface area contributed by atoms with E-state index in [1.165, 1.54) is 25.5 Å². The molecule has 1 saturated heterocycles. The normalized spacial score (nSPS) is 37.2. The molecule has 142 valence electrons. The number of amides is 1. The van der Waals surface area contributed by atoms with Gasteiger partial charge in [0.1, 0.15) is 11.4 Å². The fourth-order valence-corrected chi connectivity index (χ4v) is 6.65. The van der Waals surface area contributed by atoms with E-state index in [1.807, 2.05) is 0 Å². The van der Waals surface area contributed by atoms with E-state index >= 15 is 0 Å². The van der Waals surface area contributed by atoms with Crippen molar-refractivity contribution >= 4 is 5.91 Å². The maximum absolute atomic E-state index is 12.8. The van der Waals surface area contributed by atoms with Gasteiger partial charge in [-0.3, -0.25) is 9.59 Å². The van der Waals surface area contributed by atoms with Crippen LogP contribution in [0.2, 0.25) is 0 Å². The number of hydrogen-bond acceptors (Lipinski definition) is 4. The Labute approximate surface area is 159 Å². The van der Waals surface area contributed by atoms with Crippen LogP contribution in [-0.4, -0.2) is 33.9 Å². The van der Waals surface area contributed by atoms with Crippen LogP contribution in [0.3, 0.4) is 0 Å². The molecule has 6 rings (SSSR count). The number of hydrogen-bond donors (Lipinski definition) is 1. The lowest BCUT2D eigenvalue weighted by atomic mass is 9.49. The molecule has 6 nitrogen and oxygen atoms in total. The first-order valence-electron chi connectivity index (χ1n) is 10.3. The van der Waals surface area contributed by atoms with Gasteiger partial charge in [0.2, 0.25) is 0 Å². The summed E-state index contributed by atoms with van der Waals surface area (Å²) in [5.74, 6) is 2.70. The number of nitrogens with zero attached hydrogens (tertiary/aromatic N) is 3. The van der Waals surface area contributed by atoms with E-state index in [9.17, 15) is 9.59 Å². The summed E-state index contributed by atoms with van der Waals surface area (Å²) >= 11 is 0. The molecule has 27 heavy (non-hydrogen) atoms. The number of H-pyrrole nitrogens is 1. The van der Waals surface area contributed by atoms with E-state index < -0.39 is 0 Å².